The number of sulfone groups is 1. The summed E-state index contributed by atoms with van der Waals surface area (Å²) < 4.78 is 24.8. The van der Waals surface area contributed by atoms with Gasteiger partial charge in [0.2, 0.25) is 0 Å². The van der Waals surface area contributed by atoms with Gasteiger partial charge in [-0.05, 0) is 48.6 Å². The lowest BCUT2D eigenvalue weighted by atomic mass is 10.0. The van der Waals surface area contributed by atoms with Gasteiger partial charge in [0.05, 0.1) is 4.75 Å². The van der Waals surface area contributed by atoms with Gasteiger partial charge in [-0.15, -0.1) is 0 Å². The standard InChI is InChI=1S/C23H26ClN3O5S/c1-3-16-12-18(20(28)25-13-15-4-6-17(24)7-5-15)21(29)27-11-10-26(22(30)19(16)27)14-23(8-9-23)33(2,31)32/h4-7,12H,3,8-11,13-14H2,1-2H3,(H,25,28). The highest BCUT2D eigenvalue weighted by atomic mass is 35.5. The fourth-order valence-electron chi connectivity index (χ4n) is 4.26. The predicted molar refractivity (Wildman–Crippen MR) is 125 cm³/mol. The van der Waals surface area contributed by atoms with Gasteiger partial charge >= 0.3 is 0 Å². The van der Waals surface area contributed by atoms with Crippen LogP contribution in [-0.2, 0) is 29.3 Å². The van der Waals surface area contributed by atoms with E-state index in [1.807, 2.05) is 6.92 Å². The summed E-state index contributed by atoms with van der Waals surface area (Å²) in [6.07, 6.45) is 2.73. The van der Waals surface area contributed by atoms with Crippen LogP contribution in [0.2, 0.25) is 5.02 Å². The molecular formula is C23H26ClN3O5S. The van der Waals surface area contributed by atoms with Crippen LogP contribution in [0.4, 0.5) is 0 Å². The van der Waals surface area contributed by atoms with Gasteiger partial charge in [-0.3, -0.25) is 14.4 Å². The van der Waals surface area contributed by atoms with Gasteiger partial charge < -0.3 is 14.8 Å². The Bertz CT molecular complexity index is 1280. The molecule has 2 aromatic rings. The van der Waals surface area contributed by atoms with Crippen molar-refractivity contribution in [2.75, 3.05) is 19.3 Å². The number of nitrogens with zero attached hydrogens (tertiary/aromatic N) is 2. The van der Waals surface area contributed by atoms with Crippen LogP contribution < -0.4 is 10.9 Å². The maximum absolute atomic E-state index is 13.3. The number of amides is 2. The first kappa shape index (κ1) is 23.5. The van der Waals surface area contributed by atoms with Crippen molar-refractivity contribution in [3.05, 3.63) is 68.1 Å². The molecule has 10 heteroatoms. The molecule has 0 bridgehead atoms. The zero-order chi connectivity index (χ0) is 24.0. The van der Waals surface area contributed by atoms with Crippen molar-refractivity contribution in [1.82, 2.24) is 14.8 Å². The molecule has 1 aromatic heterocycles. The van der Waals surface area contributed by atoms with Crippen molar-refractivity contribution in [1.29, 1.82) is 0 Å². The molecule has 0 atom stereocenters. The Hall–Kier alpha value is -2.65. The van der Waals surface area contributed by atoms with Crippen LogP contribution in [0.1, 0.15) is 51.7 Å². The first-order chi connectivity index (χ1) is 15.6. The molecule has 0 unspecified atom stereocenters. The number of aromatic nitrogens is 1. The topological polar surface area (TPSA) is 106 Å². The van der Waals surface area contributed by atoms with Gasteiger partial charge in [-0.2, -0.15) is 0 Å². The second-order valence-corrected chi connectivity index (χ2v) is 11.6. The zero-order valence-corrected chi connectivity index (χ0v) is 20.1. The first-order valence-electron chi connectivity index (χ1n) is 10.8. The monoisotopic (exact) mass is 491 g/mol. The number of aryl methyl sites for hydroxylation is 1. The molecule has 176 valence electrons. The average molecular weight is 492 g/mol. The summed E-state index contributed by atoms with van der Waals surface area (Å²) in [6, 6.07) is 8.50. The molecule has 1 aromatic carbocycles. The Morgan fingerprint density at radius 3 is 2.39 bits per heavy atom. The minimum atomic E-state index is -3.29. The van der Waals surface area contributed by atoms with Gasteiger partial charge in [0, 0.05) is 37.5 Å². The second kappa shape index (κ2) is 8.61. The first-order valence-corrected chi connectivity index (χ1v) is 13.1. The molecule has 33 heavy (non-hydrogen) atoms. The van der Waals surface area contributed by atoms with E-state index in [1.165, 1.54) is 21.8 Å². The molecule has 1 aliphatic carbocycles. The third-order valence-electron chi connectivity index (χ3n) is 6.52. The van der Waals surface area contributed by atoms with E-state index in [2.05, 4.69) is 5.32 Å². The quantitative estimate of drug-likeness (QED) is 0.638. The molecule has 0 radical (unpaired) electrons. The maximum Gasteiger partial charge on any atom is 0.270 e. The van der Waals surface area contributed by atoms with Crippen LogP contribution in [-0.4, -0.2) is 53.8 Å². The molecule has 1 fully saturated rings. The van der Waals surface area contributed by atoms with Crippen molar-refractivity contribution in [3.8, 4) is 0 Å². The third kappa shape index (κ3) is 4.44. The minimum Gasteiger partial charge on any atom is -0.348 e. The summed E-state index contributed by atoms with van der Waals surface area (Å²) in [6.45, 7) is 2.65. The number of carbonyl (C=O) groups excluding carboxylic acids is 2. The van der Waals surface area contributed by atoms with Crippen LogP contribution in [0.3, 0.4) is 0 Å². The highest BCUT2D eigenvalue weighted by molar-refractivity contribution is 7.92. The van der Waals surface area contributed by atoms with E-state index in [-0.39, 0.29) is 43.3 Å². The molecule has 1 aliphatic heterocycles. The van der Waals surface area contributed by atoms with E-state index in [9.17, 15) is 22.8 Å². The molecule has 8 nitrogen and oxygen atoms in total. The van der Waals surface area contributed by atoms with Crippen molar-refractivity contribution >= 4 is 33.3 Å². The minimum absolute atomic E-state index is 0.0133. The summed E-state index contributed by atoms with van der Waals surface area (Å²) in [7, 11) is -3.29. The number of halogens is 1. The molecule has 4 rings (SSSR count). The van der Waals surface area contributed by atoms with E-state index >= 15 is 0 Å². The van der Waals surface area contributed by atoms with Crippen molar-refractivity contribution in [2.24, 2.45) is 0 Å². The van der Waals surface area contributed by atoms with E-state index < -0.39 is 26.1 Å². The number of pyridine rings is 1. The number of hydrogen-bond donors (Lipinski definition) is 1. The Labute approximate surface area is 197 Å². The van der Waals surface area contributed by atoms with Gasteiger partial charge in [0.15, 0.2) is 9.84 Å². The van der Waals surface area contributed by atoms with Crippen LogP contribution in [0, 0.1) is 0 Å². The average Bonchev–Trinajstić information content (AvgIpc) is 3.56. The molecule has 1 saturated carbocycles. The van der Waals surface area contributed by atoms with Crippen molar-refractivity contribution in [2.45, 2.75) is 44.0 Å². The molecular weight excluding hydrogens is 466 g/mol. The summed E-state index contributed by atoms with van der Waals surface area (Å²) in [5.74, 6) is -0.873. The molecule has 0 saturated heterocycles. The lowest BCUT2D eigenvalue weighted by Crippen LogP contribution is -2.50. The van der Waals surface area contributed by atoms with Gasteiger partial charge in [-0.25, -0.2) is 8.42 Å². The molecule has 2 aliphatic rings. The second-order valence-electron chi connectivity index (χ2n) is 8.73. The number of benzene rings is 1. The van der Waals surface area contributed by atoms with Crippen molar-refractivity contribution in [3.63, 3.8) is 0 Å². The predicted octanol–water partition coefficient (Wildman–Crippen LogP) is 2.03. The number of nitrogens with one attached hydrogen (secondary N) is 1. The zero-order valence-electron chi connectivity index (χ0n) is 18.6. The van der Waals surface area contributed by atoms with E-state index in [0.717, 1.165) is 5.56 Å². The van der Waals surface area contributed by atoms with Crippen LogP contribution in [0.5, 0.6) is 0 Å². The molecule has 0 spiro atoms. The summed E-state index contributed by atoms with van der Waals surface area (Å²) >= 11 is 5.88. The Balaban J connectivity index is 1.59. The maximum atomic E-state index is 13.3. The van der Waals surface area contributed by atoms with Crippen LogP contribution in [0.15, 0.2) is 35.1 Å². The fourth-order valence-corrected chi connectivity index (χ4v) is 5.62. The lowest BCUT2D eigenvalue weighted by molar-refractivity contribution is 0.0693. The summed E-state index contributed by atoms with van der Waals surface area (Å²) in [4.78, 5) is 40.7. The highest BCUT2D eigenvalue weighted by Gasteiger charge is 2.54. The van der Waals surface area contributed by atoms with E-state index in [4.69, 9.17) is 11.6 Å². The smallest absolute Gasteiger partial charge is 0.270 e. The molecule has 1 N–H and O–H groups in total. The Morgan fingerprint density at radius 1 is 1.15 bits per heavy atom. The fraction of sp³-hybridized carbons (Fsp3) is 0.435. The van der Waals surface area contributed by atoms with E-state index in [1.54, 1.807) is 24.3 Å². The van der Waals surface area contributed by atoms with Gasteiger partial charge in [-0.1, -0.05) is 30.7 Å². The van der Waals surface area contributed by atoms with Crippen LogP contribution >= 0.6 is 11.6 Å². The van der Waals surface area contributed by atoms with Gasteiger partial charge in [0.1, 0.15) is 11.3 Å². The summed E-state index contributed by atoms with van der Waals surface area (Å²) in [5, 5.41) is 3.34. The van der Waals surface area contributed by atoms with E-state index in [0.29, 0.717) is 29.8 Å². The number of rotatable bonds is 7. The largest absolute Gasteiger partial charge is 0.348 e. The number of fused-ring (bicyclic) bond motifs is 1. The lowest BCUT2D eigenvalue weighted by Gasteiger charge is -2.33. The highest BCUT2D eigenvalue weighted by Crippen LogP contribution is 2.44. The van der Waals surface area contributed by atoms with Gasteiger partial charge in [0.25, 0.3) is 17.4 Å². The molecule has 2 heterocycles. The Morgan fingerprint density at radius 2 is 1.82 bits per heavy atom. The SMILES string of the molecule is CCc1cc(C(=O)NCc2ccc(Cl)cc2)c(=O)n2c1C(=O)N(CC1(S(C)(=O)=O)CC1)CC2. The number of carbonyl (C=O) groups is 2. The number of hydrogen-bond acceptors (Lipinski definition) is 5. The van der Waals surface area contributed by atoms with Crippen LogP contribution in [0.25, 0.3) is 0 Å². The normalized spacial score (nSPS) is 16.9. The third-order valence-corrected chi connectivity index (χ3v) is 8.88. The Kier molecular flexibility index (Phi) is 6.13. The van der Waals surface area contributed by atoms with Crippen molar-refractivity contribution < 1.29 is 18.0 Å². The summed E-state index contributed by atoms with van der Waals surface area (Å²) in [5.41, 5.74) is 1.14. The molecule has 2 amide bonds.